The molecule has 1 aromatic rings. The summed E-state index contributed by atoms with van der Waals surface area (Å²) in [7, 11) is 0. The average Bonchev–Trinajstić information content (AvgIpc) is 2.62. The van der Waals surface area contributed by atoms with Crippen LogP contribution < -0.4 is 0 Å². The van der Waals surface area contributed by atoms with Crippen molar-refractivity contribution in [2.24, 2.45) is 0 Å². The fraction of sp³-hybridized carbons (Fsp3) is 0.471. The highest BCUT2D eigenvalue weighted by molar-refractivity contribution is 6.44. The van der Waals surface area contributed by atoms with Crippen LogP contribution >= 0.6 is 0 Å². The zero-order valence-corrected chi connectivity index (χ0v) is 13.7. The van der Waals surface area contributed by atoms with Gasteiger partial charge < -0.3 is 0 Å². The molecular weight excluding hydrogens is 280 g/mol. The van der Waals surface area contributed by atoms with Gasteiger partial charge in [0, 0.05) is 6.04 Å². The van der Waals surface area contributed by atoms with E-state index in [-0.39, 0.29) is 18.0 Å². The third-order valence-electron chi connectivity index (χ3n) is 3.76. The number of hydrogen-bond donors (Lipinski definition) is 0. The van der Waals surface area contributed by atoms with Gasteiger partial charge in [-0.05, 0) is 30.4 Å². The Morgan fingerprint density at radius 3 is 1.91 bits per heavy atom. The molecule has 22 heavy (non-hydrogen) atoms. The summed E-state index contributed by atoms with van der Waals surface area (Å²) in [4.78, 5) is 38.1. The summed E-state index contributed by atoms with van der Waals surface area (Å²) >= 11 is 0. The molecule has 2 rings (SSSR count). The van der Waals surface area contributed by atoms with Gasteiger partial charge in [-0.25, -0.2) is 4.79 Å². The van der Waals surface area contributed by atoms with Crippen molar-refractivity contribution in [3.05, 3.63) is 35.4 Å². The first-order valence-corrected chi connectivity index (χ1v) is 7.41. The topological polar surface area (TPSA) is 57.7 Å². The van der Waals surface area contributed by atoms with Gasteiger partial charge in [0.1, 0.15) is 0 Å². The molecule has 0 saturated carbocycles. The maximum absolute atomic E-state index is 12.2. The molecule has 1 aromatic carbocycles. The molecule has 1 aliphatic heterocycles. The molecule has 5 nitrogen and oxygen atoms in total. The van der Waals surface area contributed by atoms with Crippen molar-refractivity contribution in [1.29, 1.82) is 0 Å². The minimum atomic E-state index is -0.751. The Balaban J connectivity index is 2.19. The molecule has 0 atom stereocenters. The summed E-state index contributed by atoms with van der Waals surface area (Å²) in [6.07, 6.45) is 0. The van der Waals surface area contributed by atoms with E-state index < -0.39 is 17.8 Å². The van der Waals surface area contributed by atoms with Crippen LogP contribution in [0.2, 0.25) is 0 Å². The lowest BCUT2D eigenvalue weighted by Gasteiger charge is -2.20. The van der Waals surface area contributed by atoms with Crippen LogP contribution in [0.25, 0.3) is 0 Å². The number of amides is 4. The van der Waals surface area contributed by atoms with Crippen molar-refractivity contribution in [2.75, 3.05) is 0 Å². The fourth-order valence-corrected chi connectivity index (χ4v) is 2.41. The molecule has 5 heteroatoms. The highest BCUT2D eigenvalue weighted by atomic mass is 16.2. The summed E-state index contributed by atoms with van der Waals surface area (Å²) in [5.41, 5.74) is 2.05. The number of rotatable bonds is 3. The van der Waals surface area contributed by atoms with E-state index in [9.17, 15) is 14.4 Å². The van der Waals surface area contributed by atoms with Crippen molar-refractivity contribution >= 4 is 17.8 Å². The number of imide groups is 2. The van der Waals surface area contributed by atoms with Gasteiger partial charge in [0.15, 0.2) is 0 Å². The number of nitrogens with zero attached hydrogens (tertiary/aromatic N) is 2. The predicted octanol–water partition coefficient (Wildman–Crippen LogP) is 2.68. The highest BCUT2D eigenvalue weighted by Crippen LogP contribution is 2.23. The average molecular weight is 302 g/mol. The molecule has 4 amide bonds. The van der Waals surface area contributed by atoms with Crippen molar-refractivity contribution in [2.45, 2.75) is 52.6 Å². The van der Waals surface area contributed by atoms with Gasteiger partial charge in [0.25, 0.3) is 0 Å². The molecule has 0 bridgehead atoms. The summed E-state index contributed by atoms with van der Waals surface area (Å²) < 4.78 is 0. The van der Waals surface area contributed by atoms with Crippen LogP contribution in [-0.2, 0) is 21.5 Å². The standard InChI is InChI=1S/C17H22N2O3/c1-11(2)19-15(21)14(20)18(16(19)22)10-12-6-8-13(9-7-12)17(3,4)5/h6-9,11H,10H2,1-5H3. The quantitative estimate of drug-likeness (QED) is 0.637. The third kappa shape index (κ3) is 2.89. The van der Waals surface area contributed by atoms with Gasteiger partial charge in [-0.15, -0.1) is 0 Å². The molecule has 1 heterocycles. The van der Waals surface area contributed by atoms with Gasteiger partial charge in [0.2, 0.25) is 0 Å². The van der Waals surface area contributed by atoms with E-state index in [1.54, 1.807) is 13.8 Å². The van der Waals surface area contributed by atoms with E-state index >= 15 is 0 Å². The summed E-state index contributed by atoms with van der Waals surface area (Å²) in [5, 5.41) is 0. The lowest BCUT2D eigenvalue weighted by molar-refractivity contribution is -0.144. The Hall–Kier alpha value is -2.17. The van der Waals surface area contributed by atoms with E-state index in [0.717, 1.165) is 15.4 Å². The summed E-state index contributed by atoms with van der Waals surface area (Å²) in [6.45, 7) is 9.91. The van der Waals surface area contributed by atoms with Crippen molar-refractivity contribution < 1.29 is 14.4 Å². The van der Waals surface area contributed by atoms with E-state index in [1.807, 2.05) is 24.3 Å². The minimum Gasteiger partial charge on any atom is -0.263 e. The van der Waals surface area contributed by atoms with Gasteiger partial charge in [-0.1, -0.05) is 45.0 Å². The molecular formula is C17H22N2O3. The predicted molar refractivity (Wildman–Crippen MR) is 83.1 cm³/mol. The molecule has 1 saturated heterocycles. The van der Waals surface area contributed by atoms with Crippen LogP contribution in [0.3, 0.4) is 0 Å². The van der Waals surface area contributed by atoms with Crippen molar-refractivity contribution in [3.8, 4) is 0 Å². The monoisotopic (exact) mass is 302 g/mol. The first kappa shape index (κ1) is 16.2. The molecule has 0 unspecified atom stereocenters. The molecule has 0 spiro atoms. The maximum atomic E-state index is 12.2. The Kier molecular flexibility index (Phi) is 4.09. The molecule has 0 N–H and O–H groups in total. The van der Waals surface area contributed by atoms with E-state index in [2.05, 4.69) is 20.8 Å². The SMILES string of the molecule is CC(C)N1C(=O)C(=O)N(Cc2ccc(C(C)(C)C)cc2)C1=O. The van der Waals surface area contributed by atoms with Crippen LogP contribution in [0.15, 0.2) is 24.3 Å². The molecule has 1 fully saturated rings. The van der Waals surface area contributed by atoms with E-state index in [1.165, 1.54) is 5.56 Å². The lowest BCUT2D eigenvalue weighted by atomic mass is 9.87. The Morgan fingerprint density at radius 2 is 1.50 bits per heavy atom. The third-order valence-corrected chi connectivity index (χ3v) is 3.76. The summed E-state index contributed by atoms with van der Waals surface area (Å²) in [5.74, 6) is -1.50. The second-order valence-corrected chi connectivity index (χ2v) is 6.89. The van der Waals surface area contributed by atoms with Gasteiger partial charge in [-0.3, -0.25) is 19.4 Å². The fourth-order valence-electron chi connectivity index (χ4n) is 2.41. The molecule has 0 aromatic heterocycles. The number of carbonyl (C=O) groups excluding carboxylic acids is 3. The van der Waals surface area contributed by atoms with Crippen LogP contribution in [0.1, 0.15) is 45.7 Å². The van der Waals surface area contributed by atoms with Crippen molar-refractivity contribution in [1.82, 2.24) is 9.80 Å². The number of carbonyl (C=O) groups is 3. The smallest absolute Gasteiger partial charge is 0.263 e. The van der Waals surface area contributed by atoms with Crippen LogP contribution in [0.4, 0.5) is 4.79 Å². The zero-order chi connectivity index (χ0) is 16.7. The first-order valence-electron chi connectivity index (χ1n) is 7.41. The maximum Gasteiger partial charge on any atom is 0.334 e. The number of urea groups is 1. The Labute approximate surface area is 130 Å². The Morgan fingerprint density at radius 1 is 0.955 bits per heavy atom. The van der Waals surface area contributed by atoms with Crippen molar-refractivity contribution in [3.63, 3.8) is 0 Å². The second-order valence-electron chi connectivity index (χ2n) is 6.89. The number of benzene rings is 1. The van der Waals surface area contributed by atoms with E-state index in [4.69, 9.17) is 0 Å². The second kappa shape index (κ2) is 5.55. The molecule has 1 aliphatic rings. The minimum absolute atomic E-state index is 0.0439. The normalized spacial score (nSPS) is 16.2. The van der Waals surface area contributed by atoms with Gasteiger partial charge >= 0.3 is 17.8 Å². The van der Waals surface area contributed by atoms with Crippen LogP contribution in [0, 0.1) is 0 Å². The zero-order valence-electron chi connectivity index (χ0n) is 13.7. The lowest BCUT2D eigenvalue weighted by Crippen LogP contribution is -2.37. The highest BCUT2D eigenvalue weighted by Gasteiger charge is 2.45. The van der Waals surface area contributed by atoms with Gasteiger partial charge in [-0.2, -0.15) is 0 Å². The van der Waals surface area contributed by atoms with E-state index in [0.29, 0.717) is 0 Å². The molecule has 0 radical (unpaired) electrons. The largest absolute Gasteiger partial charge is 0.334 e. The van der Waals surface area contributed by atoms with Crippen LogP contribution in [0.5, 0.6) is 0 Å². The number of hydrogen-bond acceptors (Lipinski definition) is 3. The Bertz CT molecular complexity index is 612. The summed E-state index contributed by atoms with van der Waals surface area (Å²) in [6, 6.07) is 6.90. The van der Waals surface area contributed by atoms with Gasteiger partial charge in [0.05, 0.1) is 6.54 Å². The first-order chi connectivity index (χ1) is 10.1. The van der Waals surface area contributed by atoms with Crippen LogP contribution in [-0.4, -0.2) is 33.7 Å². The molecule has 0 aliphatic carbocycles. The molecule has 118 valence electrons.